The summed E-state index contributed by atoms with van der Waals surface area (Å²) in [6.45, 7) is 3.51. The third kappa shape index (κ3) is 3.78. The van der Waals surface area contributed by atoms with E-state index in [-0.39, 0.29) is 24.3 Å². The van der Waals surface area contributed by atoms with Gasteiger partial charge in [0.15, 0.2) is 5.96 Å². The smallest absolute Gasteiger partial charge is 0.305 e. The molecule has 1 aliphatic heterocycles. The third-order valence-corrected chi connectivity index (χ3v) is 4.21. The molecule has 26 heavy (non-hydrogen) atoms. The van der Waals surface area contributed by atoms with Crippen LogP contribution in [0.2, 0.25) is 0 Å². The van der Waals surface area contributed by atoms with Crippen LogP contribution >= 0.6 is 0 Å². The van der Waals surface area contributed by atoms with Gasteiger partial charge in [0.1, 0.15) is 5.75 Å². The van der Waals surface area contributed by atoms with Gasteiger partial charge in [0.25, 0.3) is 16.0 Å². The maximum absolute atomic E-state index is 12.8. The number of amides is 2. The second-order valence-electron chi connectivity index (χ2n) is 5.57. The zero-order chi connectivity index (χ0) is 19.7. The van der Waals surface area contributed by atoms with Gasteiger partial charge in [0, 0.05) is 18.5 Å². The predicted octanol–water partition coefficient (Wildman–Crippen LogP) is -0.0720. The number of fused-ring (bicyclic) bond motifs is 1. The fourth-order valence-corrected chi connectivity index (χ4v) is 3.28. The molecule has 0 spiro atoms. The quantitative estimate of drug-likeness (QED) is 0.406. The molecule has 0 radical (unpaired) electrons. The summed E-state index contributed by atoms with van der Waals surface area (Å²) in [7, 11) is -4.00. The van der Waals surface area contributed by atoms with E-state index in [1.807, 2.05) is 0 Å². The van der Waals surface area contributed by atoms with Gasteiger partial charge in [-0.2, -0.15) is 13.4 Å². The predicted molar refractivity (Wildman–Crippen MR) is 94.2 cm³/mol. The molecule has 0 saturated carbocycles. The summed E-state index contributed by atoms with van der Waals surface area (Å²) >= 11 is 0. The molecule has 4 N–H and O–H groups in total. The summed E-state index contributed by atoms with van der Waals surface area (Å²) in [5.74, 6) is -3.70. The normalized spacial score (nSPS) is 19.5. The van der Waals surface area contributed by atoms with Crippen molar-refractivity contribution in [3.05, 3.63) is 23.8 Å². The van der Waals surface area contributed by atoms with Gasteiger partial charge in [0.2, 0.25) is 0 Å². The van der Waals surface area contributed by atoms with E-state index < -0.39 is 33.7 Å². The lowest BCUT2D eigenvalue weighted by Gasteiger charge is -2.40. The highest BCUT2D eigenvalue weighted by Gasteiger charge is 2.50. The van der Waals surface area contributed by atoms with E-state index in [1.165, 1.54) is 23.1 Å². The standard InChI is InChI=1S/C15H20N4O6S/c1-4-15(25-26(3,22)23)13(21)19(5-2)10-7-6-9(8-11(10)24-15)12(20)18-14(16)17/h6-8H,4-5H2,1-3H3,(H4,16,17,18,20)/t15-/m0/s1. The number of carbonyl (C=O) groups is 2. The summed E-state index contributed by atoms with van der Waals surface area (Å²) in [6.07, 6.45) is 0.756. The molecule has 2 rings (SSSR count). The second-order valence-corrected chi connectivity index (χ2v) is 7.14. The fourth-order valence-electron chi connectivity index (χ4n) is 2.56. The van der Waals surface area contributed by atoms with Crippen LogP contribution in [0.15, 0.2) is 23.2 Å². The van der Waals surface area contributed by atoms with Crippen LogP contribution < -0.4 is 21.1 Å². The lowest BCUT2D eigenvalue weighted by atomic mass is 10.1. The van der Waals surface area contributed by atoms with Gasteiger partial charge in [0.05, 0.1) is 11.9 Å². The van der Waals surface area contributed by atoms with Gasteiger partial charge in [-0.3, -0.25) is 9.59 Å². The van der Waals surface area contributed by atoms with Crippen molar-refractivity contribution in [2.24, 2.45) is 16.5 Å². The first kappa shape index (κ1) is 19.7. The maximum atomic E-state index is 12.8. The minimum atomic E-state index is -4.00. The molecule has 0 aliphatic carbocycles. The van der Waals surface area contributed by atoms with E-state index >= 15 is 0 Å². The van der Waals surface area contributed by atoms with Crippen molar-refractivity contribution in [1.82, 2.24) is 0 Å². The molecular weight excluding hydrogens is 364 g/mol. The summed E-state index contributed by atoms with van der Waals surface area (Å²) in [5, 5.41) is 0. The Morgan fingerprint density at radius 1 is 1.35 bits per heavy atom. The van der Waals surface area contributed by atoms with E-state index in [9.17, 15) is 18.0 Å². The number of carbonyl (C=O) groups excluding carboxylic acids is 2. The highest BCUT2D eigenvalue weighted by Crippen LogP contribution is 2.40. The fraction of sp³-hybridized carbons (Fsp3) is 0.400. The average Bonchev–Trinajstić information content (AvgIpc) is 2.53. The number of nitrogens with two attached hydrogens (primary N) is 2. The van der Waals surface area contributed by atoms with Crippen molar-refractivity contribution in [3.63, 3.8) is 0 Å². The molecule has 0 unspecified atom stereocenters. The lowest BCUT2D eigenvalue weighted by Crippen LogP contribution is -2.58. The largest absolute Gasteiger partial charge is 0.450 e. The van der Waals surface area contributed by atoms with Crippen molar-refractivity contribution in [3.8, 4) is 5.75 Å². The van der Waals surface area contributed by atoms with Gasteiger partial charge in [-0.15, -0.1) is 0 Å². The number of likely N-dealkylation sites (N-methyl/N-ethyl adjacent to an activating group) is 1. The third-order valence-electron chi connectivity index (χ3n) is 3.64. The van der Waals surface area contributed by atoms with Crippen molar-refractivity contribution in [1.29, 1.82) is 0 Å². The van der Waals surface area contributed by atoms with Gasteiger partial charge in [-0.1, -0.05) is 6.92 Å². The Hall–Kier alpha value is -2.66. The van der Waals surface area contributed by atoms with E-state index in [2.05, 4.69) is 4.99 Å². The first-order chi connectivity index (χ1) is 12.0. The van der Waals surface area contributed by atoms with Crippen LogP contribution in [0, 0.1) is 0 Å². The van der Waals surface area contributed by atoms with Gasteiger partial charge in [-0.05, 0) is 25.1 Å². The van der Waals surface area contributed by atoms with Crippen LogP contribution in [-0.2, 0) is 19.1 Å². The minimum absolute atomic E-state index is 0.0685. The average molecular weight is 384 g/mol. The van der Waals surface area contributed by atoms with Crippen molar-refractivity contribution < 1.29 is 26.9 Å². The molecule has 2 amide bonds. The highest BCUT2D eigenvalue weighted by atomic mass is 32.2. The monoisotopic (exact) mass is 384 g/mol. The molecule has 11 heteroatoms. The number of aliphatic imine (C=N–C) groups is 1. The molecule has 1 aliphatic rings. The molecule has 1 heterocycles. The SMILES string of the molecule is CCN1C(=O)[C@](CC)(OS(C)(=O)=O)Oc2cc(C(=O)N=C(N)N)ccc21. The van der Waals surface area contributed by atoms with Crippen molar-refractivity contribution in [2.45, 2.75) is 26.1 Å². The zero-order valence-electron chi connectivity index (χ0n) is 14.6. The number of guanidine groups is 1. The number of benzene rings is 1. The van der Waals surface area contributed by atoms with Crippen LogP contribution in [0.3, 0.4) is 0 Å². The first-order valence-corrected chi connectivity index (χ1v) is 9.54. The minimum Gasteiger partial charge on any atom is -0.450 e. The van der Waals surface area contributed by atoms with Gasteiger partial charge in [-0.25, -0.2) is 4.18 Å². The lowest BCUT2D eigenvalue weighted by molar-refractivity contribution is -0.165. The Bertz CT molecular complexity index is 878. The number of anilines is 1. The topological polar surface area (TPSA) is 154 Å². The molecule has 0 saturated heterocycles. The number of nitrogens with zero attached hydrogens (tertiary/aromatic N) is 2. The van der Waals surface area contributed by atoms with Crippen LogP contribution in [0.5, 0.6) is 5.75 Å². The van der Waals surface area contributed by atoms with E-state index in [0.29, 0.717) is 5.69 Å². The van der Waals surface area contributed by atoms with E-state index in [4.69, 9.17) is 20.4 Å². The molecule has 1 aromatic rings. The molecule has 1 aromatic carbocycles. The Labute approximate surface area is 150 Å². The zero-order valence-corrected chi connectivity index (χ0v) is 15.4. The van der Waals surface area contributed by atoms with Crippen LogP contribution in [0.4, 0.5) is 5.69 Å². The second kappa shape index (κ2) is 6.92. The summed E-state index contributed by atoms with van der Waals surface area (Å²) in [5.41, 5.74) is 10.9. The van der Waals surface area contributed by atoms with Crippen molar-refractivity contribution in [2.75, 3.05) is 17.7 Å². The Kier molecular flexibility index (Phi) is 5.23. The molecule has 0 aromatic heterocycles. The van der Waals surface area contributed by atoms with Crippen LogP contribution in [0.1, 0.15) is 30.6 Å². The van der Waals surface area contributed by atoms with Crippen molar-refractivity contribution >= 4 is 33.6 Å². The highest BCUT2D eigenvalue weighted by molar-refractivity contribution is 7.86. The number of rotatable bonds is 5. The van der Waals surface area contributed by atoms with Gasteiger partial charge >= 0.3 is 11.7 Å². The van der Waals surface area contributed by atoms with E-state index in [1.54, 1.807) is 13.8 Å². The van der Waals surface area contributed by atoms with Crippen LogP contribution in [0.25, 0.3) is 0 Å². The Morgan fingerprint density at radius 3 is 2.50 bits per heavy atom. The molecular formula is C15H20N4O6S. The molecule has 142 valence electrons. The molecule has 0 bridgehead atoms. The van der Waals surface area contributed by atoms with Gasteiger partial charge < -0.3 is 21.1 Å². The molecule has 0 fully saturated rings. The van der Waals surface area contributed by atoms with Crippen LogP contribution in [-0.4, -0.2) is 44.8 Å². The summed E-state index contributed by atoms with van der Waals surface area (Å²) in [6, 6.07) is 4.25. The summed E-state index contributed by atoms with van der Waals surface area (Å²) < 4.78 is 33.9. The number of hydrogen-bond donors (Lipinski definition) is 2. The summed E-state index contributed by atoms with van der Waals surface area (Å²) in [4.78, 5) is 29.6. The molecule has 10 nitrogen and oxygen atoms in total. The van der Waals surface area contributed by atoms with E-state index in [0.717, 1.165) is 6.26 Å². The maximum Gasteiger partial charge on any atom is 0.305 e. The Balaban J connectivity index is 2.58. The number of ether oxygens (including phenoxy) is 1. The first-order valence-electron chi connectivity index (χ1n) is 7.72. The Morgan fingerprint density at radius 2 is 2.00 bits per heavy atom. The molecule has 1 atom stereocenters. The number of hydrogen-bond acceptors (Lipinski definition) is 6.